The first-order valence-electron chi connectivity index (χ1n) is 6.75. The highest BCUT2D eigenvalue weighted by Gasteiger charge is 2.35. The number of hydrogen-bond donors (Lipinski definition) is 2. The van der Waals surface area contributed by atoms with E-state index in [-0.39, 0.29) is 12.0 Å². The van der Waals surface area contributed by atoms with E-state index in [0.717, 1.165) is 24.2 Å². The number of methoxy groups -OCH3 is 1. The largest absolute Gasteiger partial charge is 0.496 e. The van der Waals surface area contributed by atoms with Gasteiger partial charge in [-0.1, -0.05) is 37.5 Å². The second-order valence-corrected chi connectivity index (χ2v) is 5.20. The molecule has 18 heavy (non-hydrogen) atoms. The number of rotatable bonds is 4. The molecular weight excluding hydrogens is 226 g/mol. The second-order valence-electron chi connectivity index (χ2n) is 5.20. The van der Waals surface area contributed by atoms with E-state index in [9.17, 15) is 5.11 Å². The lowest BCUT2D eigenvalue weighted by Gasteiger charge is -2.38. The van der Waals surface area contributed by atoms with Crippen molar-refractivity contribution in [2.75, 3.05) is 13.7 Å². The van der Waals surface area contributed by atoms with Gasteiger partial charge in [0.1, 0.15) is 5.75 Å². The predicted molar refractivity (Wildman–Crippen MR) is 72.7 cm³/mol. The molecule has 0 radical (unpaired) electrons. The van der Waals surface area contributed by atoms with Gasteiger partial charge < -0.3 is 15.6 Å². The molecule has 1 aromatic rings. The quantitative estimate of drug-likeness (QED) is 0.861. The zero-order chi connectivity index (χ0) is 13.0. The van der Waals surface area contributed by atoms with Crippen LogP contribution in [0.25, 0.3) is 0 Å². The summed E-state index contributed by atoms with van der Waals surface area (Å²) in [4.78, 5) is 0. The molecule has 0 aliphatic heterocycles. The molecule has 0 saturated heterocycles. The summed E-state index contributed by atoms with van der Waals surface area (Å²) >= 11 is 0. The van der Waals surface area contributed by atoms with Gasteiger partial charge in [0.2, 0.25) is 0 Å². The molecule has 0 spiro atoms. The van der Waals surface area contributed by atoms with Crippen LogP contribution in [0, 0.1) is 0 Å². The van der Waals surface area contributed by atoms with E-state index in [0.29, 0.717) is 6.54 Å². The van der Waals surface area contributed by atoms with Crippen LogP contribution in [0.3, 0.4) is 0 Å². The minimum absolute atomic E-state index is 0.0116. The number of ether oxygens (including phenoxy) is 1. The van der Waals surface area contributed by atoms with Crippen molar-refractivity contribution in [2.24, 2.45) is 5.73 Å². The first kappa shape index (κ1) is 13.4. The maximum absolute atomic E-state index is 9.42. The Hall–Kier alpha value is -1.06. The Labute approximate surface area is 109 Å². The number of para-hydroxylation sites is 1. The van der Waals surface area contributed by atoms with Crippen LogP contribution >= 0.6 is 0 Å². The minimum atomic E-state index is 0.0116. The smallest absolute Gasteiger partial charge is 0.128 e. The van der Waals surface area contributed by atoms with E-state index in [4.69, 9.17) is 10.5 Å². The molecule has 0 amide bonds. The molecule has 0 unspecified atom stereocenters. The fourth-order valence-electron chi connectivity index (χ4n) is 3.18. The molecule has 3 heteroatoms. The van der Waals surface area contributed by atoms with Crippen molar-refractivity contribution < 1.29 is 9.84 Å². The average Bonchev–Trinajstić information content (AvgIpc) is 2.47. The summed E-state index contributed by atoms with van der Waals surface area (Å²) in [5.41, 5.74) is 8.14. The lowest BCUT2D eigenvalue weighted by molar-refractivity contribution is 0.264. The van der Waals surface area contributed by atoms with Crippen molar-refractivity contribution in [1.29, 1.82) is 0 Å². The molecular formula is C15H23NO2. The Morgan fingerprint density at radius 2 is 2.00 bits per heavy atom. The SMILES string of the molecule is COc1c(CO)cccc1C1(CN)CCCCC1. The van der Waals surface area contributed by atoms with Crippen molar-refractivity contribution in [3.05, 3.63) is 29.3 Å². The summed E-state index contributed by atoms with van der Waals surface area (Å²) < 4.78 is 5.53. The lowest BCUT2D eigenvalue weighted by Crippen LogP contribution is -2.37. The van der Waals surface area contributed by atoms with Crippen LogP contribution in [0.2, 0.25) is 0 Å². The summed E-state index contributed by atoms with van der Waals surface area (Å²) in [5.74, 6) is 0.826. The fraction of sp³-hybridized carbons (Fsp3) is 0.600. The van der Waals surface area contributed by atoms with E-state index in [2.05, 4.69) is 6.07 Å². The zero-order valence-electron chi connectivity index (χ0n) is 11.1. The van der Waals surface area contributed by atoms with Gasteiger partial charge in [0.25, 0.3) is 0 Å². The highest BCUT2D eigenvalue weighted by Crippen LogP contribution is 2.43. The molecule has 3 N–H and O–H groups in total. The molecule has 0 aromatic heterocycles. The molecule has 0 atom stereocenters. The zero-order valence-corrected chi connectivity index (χ0v) is 11.1. The maximum Gasteiger partial charge on any atom is 0.128 e. The molecule has 1 aliphatic carbocycles. The van der Waals surface area contributed by atoms with Crippen LogP contribution < -0.4 is 10.5 Å². The first-order chi connectivity index (χ1) is 8.77. The van der Waals surface area contributed by atoms with Crippen LogP contribution in [0.15, 0.2) is 18.2 Å². The molecule has 1 aromatic carbocycles. The van der Waals surface area contributed by atoms with Crippen LogP contribution in [-0.2, 0) is 12.0 Å². The topological polar surface area (TPSA) is 55.5 Å². The molecule has 1 aliphatic rings. The van der Waals surface area contributed by atoms with Crippen LogP contribution in [0.4, 0.5) is 0 Å². The molecule has 100 valence electrons. The van der Waals surface area contributed by atoms with Crippen molar-refractivity contribution >= 4 is 0 Å². The molecule has 3 nitrogen and oxygen atoms in total. The Balaban J connectivity index is 2.47. The third-order valence-electron chi connectivity index (χ3n) is 4.24. The summed E-state index contributed by atoms with van der Waals surface area (Å²) in [6.45, 7) is 0.663. The molecule has 1 fully saturated rings. The molecule has 0 bridgehead atoms. The minimum Gasteiger partial charge on any atom is -0.496 e. The fourth-order valence-corrected chi connectivity index (χ4v) is 3.18. The normalized spacial score (nSPS) is 18.6. The van der Waals surface area contributed by atoms with E-state index in [1.807, 2.05) is 12.1 Å². The standard InChI is InChI=1S/C15H23NO2/c1-18-14-12(10-17)6-5-7-13(14)15(11-16)8-3-2-4-9-15/h5-7,17H,2-4,8-11,16H2,1H3. The van der Waals surface area contributed by atoms with Gasteiger partial charge in [0, 0.05) is 23.1 Å². The van der Waals surface area contributed by atoms with Gasteiger partial charge in [-0.05, 0) is 12.8 Å². The van der Waals surface area contributed by atoms with Gasteiger partial charge in [-0.15, -0.1) is 0 Å². The highest BCUT2D eigenvalue weighted by molar-refractivity contribution is 5.46. The van der Waals surface area contributed by atoms with E-state index >= 15 is 0 Å². The van der Waals surface area contributed by atoms with Gasteiger partial charge in [-0.3, -0.25) is 0 Å². The number of aliphatic hydroxyl groups excluding tert-OH is 1. The summed E-state index contributed by atoms with van der Waals surface area (Å²) in [5, 5.41) is 9.42. The third-order valence-corrected chi connectivity index (χ3v) is 4.24. The molecule has 1 saturated carbocycles. The molecule has 2 rings (SSSR count). The monoisotopic (exact) mass is 249 g/mol. The van der Waals surface area contributed by atoms with Gasteiger partial charge in [-0.2, -0.15) is 0 Å². The number of aliphatic hydroxyl groups is 1. The maximum atomic E-state index is 9.42. The van der Waals surface area contributed by atoms with Gasteiger partial charge >= 0.3 is 0 Å². The average molecular weight is 249 g/mol. The highest BCUT2D eigenvalue weighted by atomic mass is 16.5. The third kappa shape index (κ3) is 2.25. The first-order valence-corrected chi connectivity index (χ1v) is 6.75. The van der Waals surface area contributed by atoms with E-state index in [1.165, 1.54) is 24.8 Å². The van der Waals surface area contributed by atoms with Crippen molar-refractivity contribution in [3.8, 4) is 5.75 Å². The van der Waals surface area contributed by atoms with E-state index < -0.39 is 0 Å². The van der Waals surface area contributed by atoms with Gasteiger partial charge in [0.05, 0.1) is 13.7 Å². The summed E-state index contributed by atoms with van der Waals surface area (Å²) in [6.07, 6.45) is 5.99. The number of benzene rings is 1. The Morgan fingerprint density at radius 3 is 2.56 bits per heavy atom. The Bertz CT molecular complexity index is 397. The predicted octanol–water partition coefficient (Wildman–Crippen LogP) is 2.35. The Kier molecular flexibility index (Phi) is 4.25. The van der Waals surface area contributed by atoms with Gasteiger partial charge in [-0.25, -0.2) is 0 Å². The second kappa shape index (κ2) is 5.72. The Morgan fingerprint density at radius 1 is 1.28 bits per heavy atom. The van der Waals surface area contributed by atoms with E-state index in [1.54, 1.807) is 7.11 Å². The van der Waals surface area contributed by atoms with Gasteiger partial charge in [0.15, 0.2) is 0 Å². The van der Waals surface area contributed by atoms with Crippen molar-refractivity contribution in [1.82, 2.24) is 0 Å². The van der Waals surface area contributed by atoms with Crippen LogP contribution in [-0.4, -0.2) is 18.8 Å². The van der Waals surface area contributed by atoms with Crippen LogP contribution in [0.1, 0.15) is 43.2 Å². The summed E-state index contributed by atoms with van der Waals surface area (Å²) in [6, 6.07) is 6.01. The summed E-state index contributed by atoms with van der Waals surface area (Å²) in [7, 11) is 1.67. The van der Waals surface area contributed by atoms with Crippen LogP contribution in [0.5, 0.6) is 5.75 Å². The van der Waals surface area contributed by atoms with Crippen molar-refractivity contribution in [3.63, 3.8) is 0 Å². The lowest BCUT2D eigenvalue weighted by atomic mass is 9.69. The molecule has 0 heterocycles. The van der Waals surface area contributed by atoms with Crippen molar-refractivity contribution in [2.45, 2.75) is 44.1 Å². The number of hydrogen-bond acceptors (Lipinski definition) is 3. The number of nitrogens with two attached hydrogens (primary N) is 1.